The van der Waals surface area contributed by atoms with Gasteiger partial charge in [0.1, 0.15) is 6.20 Å². The topological polar surface area (TPSA) is 116 Å². The van der Waals surface area contributed by atoms with E-state index in [2.05, 4.69) is 10.3 Å². The van der Waals surface area contributed by atoms with Gasteiger partial charge in [0.25, 0.3) is 0 Å². The third-order valence-electron chi connectivity index (χ3n) is 3.85. The van der Waals surface area contributed by atoms with Crippen molar-refractivity contribution in [2.75, 3.05) is 6.54 Å². The Balaban J connectivity index is 2.63. The summed E-state index contributed by atoms with van der Waals surface area (Å²) in [5.74, 6) is 0.386. The highest BCUT2D eigenvalue weighted by molar-refractivity contribution is 5.76. The zero-order valence-corrected chi connectivity index (χ0v) is 12.9. The summed E-state index contributed by atoms with van der Waals surface area (Å²) in [4.78, 5) is 25.9. The predicted octanol–water partition coefficient (Wildman–Crippen LogP) is 0.979. The van der Waals surface area contributed by atoms with E-state index in [4.69, 9.17) is 5.73 Å². The lowest BCUT2D eigenvalue weighted by molar-refractivity contribution is -0.389. The molecule has 8 heteroatoms. The molecule has 1 amide bonds. The monoisotopic (exact) mass is 297 g/mol. The van der Waals surface area contributed by atoms with Crippen molar-refractivity contribution in [1.29, 1.82) is 0 Å². The number of carbonyl (C=O) groups excluding carboxylic acids is 1. The minimum Gasteiger partial charge on any atom is -0.358 e. The average Bonchev–Trinajstić information content (AvgIpc) is 2.77. The Morgan fingerprint density at radius 2 is 2.24 bits per heavy atom. The van der Waals surface area contributed by atoms with Gasteiger partial charge in [-0.15, -0.1) is 0 Å². The Morgan fingerprint density at radius 1 is 1.62 bits per heavy atom. The molecule has 0 aliphatic rings. The normalized spacial score (nSPS) is 14.0. The molecule has 1 rings (SSSR count). The summed E-state index contributed by atoms with van der Waals surface area (Å²) in [6, 6.07) is 0. The van der Waals surface area contributed by atoms with E-state index in [0.717, 1.165) is 0 Å². The number of rotatable bonds is 7. The van der Waals surface area contributed by atoms with Gasteiger partial charge in [0, 0.05) is 26.4 Å². The van der Waals surface area contributed by atoms with Crippen LogP contribution in [0.2, 0.25) is 0 Å². The number of hydrogen-bond donors (Lipinski definition) is 2. The quantitative estimate of drug-likeness (QED) is 0.575. The smallest absolute Gasteiger partial charge is 0.358 e. The number of aryl methyl sites for hydroxylation is 2. The van der Waals surface area contributed by atoms with Gasteiger partial charge in [-0.1, -0.05) is 13.8 Å². The molecule has 0 saturated heterocycles. The van der Waals surface area contributed by atoms with Crippen molar-refractivity contribution in [3.8, 4) is 0 Å². The van der Waals surface area contributed by atoms with Crippen LogP contribution < -0.4 is 11.1 Å². The first kappa shape index (κ1) is 17.1. The van der Waals surface area contributed by atoms with Crippen LogP contribution in [0.25, 0.3) is 0 Å². The molecule has 0 aromatic carbocycles. The summed E-state index contributed by atoms with van der Waals surface area (Å²) in [5.41, 5.74) is 5.27. The van der Waals surface area contributed by atoms with Crippen molar-refractivity contribution in [3.05, 3.63) is 22.1 Å². The molecule has 3 N–H and O–H groups in total. The predicted molar refractivity (Wildman–Crippen MR) is 78.7 cm³/mol. The first-order valence-corrected chi connectivity index (χ1v) is 6.89. The largest absolute Gasteiger partial charge is 0.381 e. The number of nitrogens with one attached hydrogen (secondary N) is 1. The van der Waals surface area contributed by atoms with Crippen molar-refractivity contribution in [2.24, 2.45) is 11.7 Å². The second-order valence-corrected chi connectivity index (χ2v) is 5.67. The number of nitrogens with zero attached hydrogens (tertiary/aromatic N) is 3. The Hall–Kier alpha value is -1.96. The van der Waals surface area contributed by atoms with E-state index in [1.165, 1.54) is 6.20 Å². The highest BCUT2D eigenvalue weighted by Crippen LogP contribution is 2.15. The number of nitrogens with two attached hydrogens (primary N) is 1. The van der Waals surface area contributed by atoms with E-state index in [-0.39, 0.29) is 24.1 Å². The maximum absolute atomic E-state index is 12.0. The third-order valence-corrected chi connectivity index (χ3v) is 3.85. The SMILES string of the molecule is Cc1nc([N+](=O)[O-])cn1CCC(=O)NC(C)(CN)C(C)C. The molecule has 0 saturated carbocycles. The van der Waals surface area contributed by atoms with Gasteiger partial charge in [-0.25, -0.2) is 0 Å². The molecule has 0 aliphatic carbocycles. The fourth-order valence-electron chi connectivity index (χ4n) is 1.84. The number of aromatic nitrogens is 2. The molecule has 0 radical (unpaired) electrons. The van der Waals surface area contributed by atoms with E-state index in [1.807, 2.05) is 20.8 Å². The van der Waals surface area contributed by atoms with Gasteiger partial charge >= 0.3 is 5.82 Å². The fraction of sp³-hybridized carbons (Fsp3) is 0.692. The highest BCUT2D eigenvalue weighted by atomic mass is 16.6. The molecule has 118 valence electrons. The third kappa shape index (κ3) is 4.25. The summed E-state index contributed by atoms with van der Waals surface area (Å²) < 4.78 is 1.60. The number of nitro groups is 1. The molecular weight excluding hydrogens is 274 g/mol. The van der Waals surface area contributed by atoms with Crippen LogP contribution in [-0.4, -0.2) is 32.5 Å². The second-order valence-electron chi connectivity index (χ2n) is 5.67. The summed E-state index contributed by atoms with van der Waals surface area (Å²) in [7, 11) is 0. The standard InChI is InChI=1S/C13H23N5O3/c1-9(2)13(4,8-14)16-12(19)5-6-17-7-11(18(20)21)15-10(17)3/h7,9H,5-6,8,14H2,1-4H3,(H,16,19). The molecule has 0 bridgehead atoms. The zero-order valence-electron chi connectivity index (χ0n) is 12.9. The number of amides is 1. The van der Waals surface area contributed by atoms with Crippen LogP contribution in [0.15, 0.2) is 6.20 Å². The number of carbonyl (C=O) groups is 1. The molecule has 1 atom stereocenters. The lowest BCUT2D eigenvalue weighted by atomic mass is 9.88. The minimum absolute atomic E-state index is 0.132. The molecular formula is C13H23N5O3. The molecule has 1 aromatic heterocycles. The maximum atomic E-state index is 12.0. The van der Waals surface area contributed by atoms with Gasteiger partial charge in [-0.05, 0) is 22.7 Å². The summed E-state index contributed by atoms with van der Waals surface area (Å²) in [6.07, 6.45) is 1.56. The first-order chi connectivity index (χ1) is 9.69. The van der Waals surface area contributed by atoms with Gasteiger partial charge < -0.3 is 25.7 Å². The van der Waals surface area contributed by atoms with Gasteiger partial charge in [-0.3, -0.25) is 4.79 Å². The zero-order chi connectivity index (χ0) is 16.2. The van der Waals surface area contributed by atoms with Crippen molar-refractivity contribution in [1.82, 2.24) is 14.9 Å². The van der Waals surface area contributed by atoms with Crippen molar-refractivity contribution >= 4 is 11.7 Å². The van der Waals surface area contributed by atoms with E-state index < -0.39 is 10.5 Å². The second kappa shape index (κ2) is 6.66. The molecule has 21 heavy (non-hydrogen) atoms. The molecule has 1 aromatic rings. The van der Waals surface area contributed by atoms with Crippen LogP contribution in [0.5, 0.6) is 0 Å². The van der Waals surface area contributed by atoms with E-state index >= 15 is 0 Å². The Morgan fingerprint density at radius 3 is 2.67 bits per heavy atom. The van der Waals surface area contributed by atoms with Crippen LogP contribution in [-0.2, 0) is 11.3 Å². The van der Waals surface area contributed by atoms with Gasteiger partial charge in [0.2, 0.25) is 11.7 Å². The van der Waals surface area contributed by atoms with E-state index in [0.29, 0.717) is 18.9 Å². The van der Waals surface area contributed by atoms with Crippen LogP contribution in [0.3, 0.4) is 0 Å². The lowest BCUT2D eigenvalue weighted by Gasteiger charge is -2.33. The van der Waals surface area contributed by atoms with Crippen LogP contribution in [0.1, 0.15) is 33.0 Å². The molecule has 0 spiro atoms. The lowest BCUT2D eigenvalue weighted by Crippen LogP contribution is -2.55. The van der Waals surface area contributed by atoms with Gasteiger partial charge in [0.05, 0.1) is 5.54 Å². The average molecular weight is 297 g/mol. The first-order valence-electron chi connectivity index (χ1n) is 6.89. The number of hydrogen-bond acceptors (Lipinski definition) is 5. The Labute approximate surface area is 123 Å². The van der Waals surface area contributed by atoms with Crippen LogP contribution in [0, 0.1) is 23.0 Å². The van der Waals surface area contributed by atoms with E-state index in [9.17, 15) is 14.9 Å². The highest BCUT2D eigenvalue weighted by Gasteiger charge is 2.28. The molecule has 0 aliphatic heterocycles. The molecule has 1 unspecified atom stereocenters. The fourth-order valence-corrected chi connectivity index (χ4v) is 1.84. The maximum Gasteiger partial charge on any atom is 0.381 e. The Kier molecular flexibility index (Phi) is 5.42. The van der Waals surface area contributed by atoms with Gasteiger partial charge in [0.15, 0.2) is 0 Å². The summed E-state index contributed by atoms with van der Waals surface area (Å²) in [5, 5.41) is 13.6. The Bertz CT molecular complexity index is 526. The summed E-state index contributed by atoms with van der Waals surface area (Å²) >= 11 is 0. The van der Waals surface area contributed by atoms with Crippen molar-refractivity contribution in [3.63, 3.8) is 0 Å². The van der Waals surface area contributed by atoms with Crippen molar-refractivity contribution in [2.45, 2.75) is 46.2 Å². The van der Waals surface area contributed by atoms with Crippen LogP contribution >= 0.6 is 0 Å². The molecule has 8 nitrogen and oxygen atoms in total. The summed E-state index contributed by atoms with van der Waals surface area (Å²) in [6.45, 7) is 8.27. The minimum atomic E-state index is -0.548. The molecule has 1 heterocycles. The molecule has 0 fully saturated rings. The van der Waals surface area contributed by atoms with Crippen LogP contribution in [0.4, 0.5) is 5.82 Å². The van der Waals surface area contributed by atoms with E-state index in [1.54, 1.807) is 11.5 Å². The van der Waals surface area contributed by atoms with Gasteiger partial charge in [-0.2, -0.15) is 0 Å². The number of imidazole rings is 1. The van der Waals surface area contributed by atoms with Crippen molar-refractivity contribution < 1.29 is 9.72 Å².